The van der Waals surface area contributed by atoms with Gasteiger partial charge < -0.3 is 10.4 Å². The van der Waals surface area contributed by atoms with Gasteiger partial charge in [-0.25, -0.2) is 0 Å². The lowest BCUT2D eigenvalue weighted by Gasteiger charge is -2.27. The first-order valence-electron chi connectivity index (χ1n) is 7.57. The van der Waals surface area contributed by atoms with Crippen molar-refractivity contribution in [2.45, 2.75) is 38.3 Å². The molecule has 0 radical (unpaired) electrons. The molecule has 1 aliphatic rings. The van der Waals surface area contributed by atoms with Crippen molar-refractivity contribution in [2.75, 3.05) is 6.61 Å². The molecule has 2 aromatic rings. The molecule has 1 aromatic carbocycles. The van der Waals surface area contributed by atoms with Crippen molar-refractivity contribution >= 4 is 16.8 Å². The number of aromatic nitrogens is 2. The maximum Gasteiger partial charge on any atom is 0.241 e. The molecule has 1 aliphatic carbocycles. The van der Waals surface area contributed by atoms with Crippen LogP contribution < -0.4 is 5.32 Å². The molecule has 1 amide bonds. The maximum atomic E-state index is 12.2. The highest BCUT2D eigenvalue weighted by Gasteiger charge is 2.22. The van der Waals surface area contributed by atoms with E-state index in [0.29, 0.717) is 5.92 Å². The van der Waals surface area contributed by atoms with E-state index in [1.54, 1.807) is 10.9 Å². The third-order valence-electron chi connectivity index (χ3n) is 4.31. The zero-order chi connectivity index (χ0) is 14.7. The monoisotopic (exact) mass is 287 g/mol. The van der Waals surface area contributed by atoms with Crippen LogP contribution in [-0.4, -0.2) is 33.4 Å². The maximum absolute atomic E-state index is 12.2. The summed E-state index contributed by atoms with van der Waals surface area (Å²) in [5, 5.41) is 17.5. The van der Waals surface area contributed by atoms with Crippen LogP contribution >= 0.6 is 0 Å². The molecule has 5 nitrogen and oxygen atoms in total. The molecule has 0 aliphatic heterocycles. The summed E-state index contributed by atoms with van der Waals surface area (Å²) in [6, 6.07) is 8.12. The molecule has 0 spiro atoms. The topological polar surface area (TPSA) is 67.2 Å². The first kappa shape index (κ1) is 14.1. The van der Waals surface area contributed by atoms with Crippen LogP contribution in [0.4, 0.5) is 0 Å². The van der Waals surface area contributed by atoms with Gasteiger partial charge in [-0.3, -0.25) is 9.48 Å². The molecule has 1 aromatic heterocycles. The summed E-state index contributed by atoms with van der Waals surface area (Å²) in [6.07, 6.45) is 5.68. The second kappa shape index (κ2) is 6.26. The summed E-state index contributed by atoms with van der Waals surface area (Å²) in [6.45, 7) is 0.521. The highest BCUT2D eigenvalue weighted by molar-refractivity contribution is 5.82. The Balaban J connectivity index is 1.57. The number of rotatable bonds is 4. The number of para-hydroxylation sites is 1. The highest BCUT2D eigenvalue weighted by Crippen LogP contribution is 2.23. The predicted molar refractivity (Wildman–Crippen MR) is 80.7 cm³/mol. The van der Waals surface area contributed by atoms with E-state index in [1.165, 1.54) is 0 Å². The fourth-order valence-electron chi connectivity index (χ4n) is 3.05. The predicted octanol–water partition coefficient (Wildman–Crippen LogP) is 1.70. The van der Waals surface area contributed by atoms with E-state index in [1.807, 2.05) is 24.3 Å². The van der Waals surface area contributed by atoms with Crippen LogP contribution in [0.15, 0.2) is 30.5 Å². The first-order chi connectivity index (χ1) is 10.3. The summed E-state index contributed by atoms with van der Waals surface area (Å²) in [4.78, 5) is 12.2. The number of aliphatic hydroxyl groups is 1. The molecule has 1 saturated carbocycles. The minimum Gasteiger partial charge on any atom is -0.396 e. The zero-order valence-corrected chi connectivity index (χ0v) is 12.0. The van der Waals surface area contributed by atoms with Gasteiger partial charge in [-0.15, -0.1) is 0 Å². The van der Waals surface area contributed by atoms with Crippen molar-refractivity contribution in [2.24, 2.45) is 5.92 Å². The summed E-state index contributed by atoms with van der Waals surface area (Å²) in [7, 11) is 0. The van der Waals surface area contributed by atoms with Crippen LogP contribution in [0.25, 0.3) is 10.9 Å². The Bertz CT molecular complexity index is 615. The van der Waals surface area contributed by atoms with Crippen LogP contribution in [0.5, 0.6) is 0 Å². The molecule has 1 heterocycles. The number of carbonyl (C=O) groups excluding carboxylic acids is 1. The van der Waals surface area contributed by atoms with Gasteiger partial charge in [0.1, 0.15) is 6.54 Å². The number of amides is 1. The number of nitrogens with one attached hydrogen (secondary N) is 1. The molecule has 0 unspecified atom stereocenters. The van der Waals surface area contributed by atoms with Crippen LogP contribution in [0.2, 0.25) is 0 Å². The Morgan fingerprint density at radius 3 is 2.81 bits per heavy atom. The Morgan fingerprint density at radius 1 is 1.29 bits per heavy atom. The Hall–Kier alpha value is -1.88. The fourth-order valence-corrected chi connectivity index (χ4v) is 3.05. The van der Waals surface area contributed by atoms with Gasteiger partial charge in [0.25, 0.3) is 0 Å². The van der Waals surface area contributed by atoms with Crippen LogP contribution in [-0.2, 0) is 11.3 Å². The van der Waals surface area contributed by atoms with Crippen molar-refractivity contribution in [1.82, 2.24) is 15.1 Å². The summed E-state index contributed by atoms with van der Waals surface area (Å²) in [5.41, 5.74) is 0.983. The molecule has 112 valence electrons. The van der Waals surface area contributed by atoms with Crippen molar-refractivity contribution in [3.05, 3.63) is 30.5 Å². The van der Waals surface area contributed by atoms with Crippen molar-refractivity contribution in [1.29, 1.82) is 0 Å². The molecule has 0 saturated heterocycles. The number of hydrogen-bond donors (Lipinski definition) is 2. The van der Waals surface area contributed by atoms with Gasteiger partial charge in [0, 0.05) is 18.0 Å². The quantitative estimate of drug-likeness (QED) is 0.899. The number of aliphatic hydroxyl groups excluding tert-OH is 1. The van der Waals surface area contributed by atoms with Gasteiger partial charge in [0.05, 0.1) is 11.7 Å². The minimum atomic E-state index is 0.0105. The lowest BCUT2D eigenvalue weighted by molar-refractivity contribution is -0.122. The summed E-state index contributed by atoms with van der Waals surface area (Å²) < 4.78 is 1.74. The normalized spacial score (nSPS) is 22.3. The van der Waals surface area contributed by atoms with E-state index < -0.39 is 0 Å². The van der Waals surface area contributed by atoms with E-state index in [4.69, 9.17) is 5.11 Å². The van der Waals surface area contributed by atoms with Crippen molar-refractivity contribution in [3.8, 4) is 0 Å². The lowest BCUT2D eigenvalue weighted by atomic mass is 9.86. The van der Waals surface area contributed by atoms with Gasteiger partial charge in [-0.1, -0.05) is 18.2 Å². The third kappa shape index (κ3) is 3.24. The number of hydrogen-bond acceptors (Lipinski definition) is 3. The van der Waals surface area contributed by atoms with Gasteiger partial charge >= 0.3 is 0 Å². The minimum absolute atomic E-state index is 0.0105. The van der Waals surface area contributed by atoms with E-state index >= 15 is 0 Å². The summed E-state index contributed by atoms with van der Waals surface area (Å²) in [5.74, 6) is 0.421. The number of carbonyl (C=O) groups is 1. The Morgan fingerprint density at radius 2 is 2.05 bits per heavy atom. The van der Waals surface area contributed by atoms with Crippen molar-refractivity contribution in [3.63, 3.8) is 0 Å². The van der Waals surface area contributed by atoms with Crippen LogP contribution in [0.1, 0.15) is 25.7 Å². The zero-order valence-electron chi connectivity index (χ0n) is 12.0. The smallest absolute Gasteiger partial charge is 0.241 e. The second-order valence-electron chi connectivity index (χ2n) is 5.83. The van der Waals surface area contributed by atoms with Crippen LogP contribution in [0, 0.1) is 5.92 Å². The van der Waals surface area contributed by atoms with E-state index in [0.717, 1.165) is 36.6 Å². The Kier molecular flexibility index (Phi) is 4.20. The highest BCUT2D eigenvalue weighted by atomic mass is 16.3. The molecule has 1 fully saturated rings. The first-order valence-corrected chi connectivity index (χ1v) is 7.57. The molecule has 0 bridgehead atoms. The second-order valence-corrected chi connectivity index (χ2v) is 5.83. The SMILES string of the molecule is O=C(Cn1ncc2ccccc21)NC1CCC(CO)CC1. The molecular formula is C16H21N3O2. The van der Waals surface area contributed by atoms with Gasteiger partial charge in [0.2, 0.25) is 5.91 Å². The summed E-state index contributed by atoms with van der Waals surface area (Å²) >= 11 is 0. The fraction of sp³-hybridized carbons (Fsp3) is 0.500. The average molecular weight is 287 g/mol. The van der Waals surface area contributed by atoms with E-state index in [2.05, 4.69) is 10.4 Å². The molecule has 5 heteroatoms. The van der Waals surface area contributed by atoms with Crippen LogP contribution in [0.3, 0.4) is 0 Å². The number of fused-ring (bicyclic) bond motifs is 1. The molecule has 21 heavy (non-hydrogen) atoms. The molecule has 2 N–H and O–H groups in total. The number of benzene rings is 1. The Labute approximate surface area is 124 Å². The van der Waals surface area contributed by atoms with Gasteiger partial charge in [0.15, 0.2) is 0 Å². The van der Waals surface area contributed by atoms with Gasteiger partial charge in [-0.05, 0) is 37.7 Å². The third-order valence-corrected chi connectivity index (χ3v) is 4.31. The average Bonchev–Trinajstić information content (AvgIpc) is 2.91. The van der Waals surface area contributed by atoms with Gasteiger partial charge in [-0.2, -0.15) is 5.10 Å². The lowest BCUT2D eigenvalue weighted by Crippen LogP contribution is -2.39. The standard InChI is InChI=1S/C16H21N3O2/c20-11-12-5-7-14(8-6-12)18-16(21)10-19-15-4-2-1-3-13(15)9-17-19/h1-4,9,12,14,20H,5-8,10-11H2,(H,18,21). The number of nitrogens with zero attached hydrogens (tertiary/aromatic N) is 2. The molecular weight excluding hydrogens is 266 g/mol. The molecule has 3 rings (SSSR count). The van der Waals surface area contributed by atoms with E-state index in [9.17, 15) is 4.79 Å². The molecule has 0 atom stereocenters. The van der Waals surface area contributed by atoms with Crippen molar-refractivity contribution < 1.29 is 9.90 Å². The largest absolute Gasteiger partial charge is 0.396 e. The van der Waals surface area contributed by atoms with E-state index in [-0.39, 0.29) is 25.1 Å².